The maximum absolute atomic E-state index is 13.0. The van der Waals surface area contributed by atoms with Gasteiger partial charge in [0.1, 0.15) is 5.69 Å². The van der Waals surface area contributed by atoms with Crippen molar-refractivity contribution in [3.63, 3.8) is 0 Å². The van der Waals surface area contributed by atoms with Crippen molar-refractivity contribution in [1.29, 1.82) is 0 Å². The van der Waals surface area contributed by atoms with Crippen LogP contribution in [0, 0.1) is 10.8 Å². The molecule has 5 nitrogen and oxygen atoms in total. The number of piperidine rings is 2. The molecule has 3 heterocycles. The summed E-state index contributed by atoms with van der Waals surface area (Å²) in [6, 6.07) is 3.47. The molecule has 2 spiro atoms. The first-order valence-corrected chi connectivity index (χ1v) is 10.1. The van der Waals surface area contributed by atoms with E-state index in [9.17, 15) is 9.59 Å². The number of nitrogens with zero attached hydrogens (tertiary/aromatic N) is 3. The molecule has 5 heteroatoms. The van der Waals surface area contributed by atoms with Crippen LogP contribution in [0.1, 0.15) is 72.2 Å². The second-order valence-electron chi connectivity index (χ2n) is 9.09. The van der Waals surface area contributed by atoms with Crippen LogP contribution in [0.4, 0.5) is 0 Å². The Morgan fingerprint density at radius 3 is 2.00 bits per heavy atom. The van der Waals surface area contributed by atoms with Gasteiger partial charge in [-0.1, -0.05) is 0 Å². The Morgan fingerprint density at radius 2 is 1.42 bits per heavy atom. The number of carbonyl (C=O) groups is 2. The standard InChI is InChI=1S/C21H27N3O2/c25-18(23-11-1-4-20(14-23)6-7-20)16-3-10-22-17(13-16)19(26)24-12-2-5-21(15-24)8-9-21/h3,10,13H,1-2,4-9,11-12,14-15H2. The largest absolute Gasteiger partial charge is 0.338 e. The summed E-state index contributed by atoms with van der Waals surface area (Å²) in [6.45, 7) is 3.39. The number of likely N-dealkylation sites (tertiary alicyclic amines) is 2. The van der Waals surface area contributed by atoms with Gasteiger partial charge in [-0.05, 0) is 74.3 Å². The van der Waals surface area contributed by atoms with Crippen molar-refractivity contribution >= 4 is 11.8 Å². The molecule has 2 aliphatic heterocycles. The number of rotatable bonds is 2. The molecule has 138 valence electrons. The smallest absolute Gasteiger partial charge is 0.272 e. The first-order valence-electron chi connectivity index (χ1n) is 10.1. The van der Waals surface area contributed by atoms with Crippen molar-refractivity contribution in [2.24, 2.45) is 10.8 Å². The summed E-state index contributed by atoms with van der Waals surface area (Å²) in [5, 5.41) is 0. The Bertz CT molecular complexity index is 692. The van der Waals surface area contributed by atoms with Crippen LogP contribution >= 0.6 is 0 Å². The number of hydrogen-bond acceptors (Lipinski definition) is 3. The second-order valence-corrected chi connectivity index (χ2v) is 9.09. The van der Waals surface area contributed by atoms with Gasteiger partial charge in [-0.25, -0.2) is 0 Å². The van der Waals surface area contributed by atoms with E-state index in [1.165, 1.54) is 38.5 Å². The minimum atomic E-state index is -0.0112. The maximum atomic E-state index is 13.0. The van der Waals surface area contributed by atoms with E-state index in [1.54, 1.807) is 18.3 Å². The minimum Gasteiger partial charge on any atom is -0.338 e. The van der Waals surface area contributed by atoms with E-state index in [4.69, 9.17) is 0 Å². The van der Waals surface area contributed by atoms with Crippen molar-refractivity contribution in [3.8, 4) is 0 Å². The van der Waals surface area contributed by atoms with Crippen LogP contribution < -0.4 is 0 Å². The molecule has 0 aromatic carbocycles. The SMILES string of the molecule is O=C(c1ccnc(C(=O)N2CCCC3(CC3)C2)c1)N1CCCC2(CC2)C1. The third-order valence-corrected chi connectivity index (χ3v) is 7.04. The predicted octanol–water partition coefficient (Wildman–Crippen LogP) is 3.11. The zero-order valence-electron chi connectivity index (χ0n) is 15.4. The Labute approximate surface area is 154 Å². The van der Waals surface area contributed by atoms with E-state index in [2.05, 4.69) is 4.98 Å². The first kappa shape index (κ1) is 16.3. The number of pyridine rings is 1. The fourth-order valence-electron chi connectivity index (χ4n) is 4.96. The fraction of sp³-hybridized carbons (Fsp3) is 0.667. The zero-order chi connectivity index (χ0) is 17.8. The molecule has 2 amide bonds. The van der Waals surface area contributed by atoms with E-state index >= 15 is 0 Å². The lowest BCUT2D eigenvalue weighted by atomic mass is 9.94. The van der Waals surface area contributed by atoms with Gasteiger partial charge in [0.05, 0.1) is 0 Å². The average molecular weight is 353 g/mol. The fourth-order valence-corrected chi connectivity index (χ4v) is 4.96. The molecule has 0 bridgehead atoms. The Kier molecular flexibility index (Phi) is 3.63. The van der Waals surface area contributed by atoms with Crippen LogP contribution in [0.15, 0.2) is 18.3 Å². The van der Waals surface area contributed by atoms with Crippen LogP contribution in [0.25, 0.3) is 0 Å². The molecule has 0 atom stereocenters. The molecule has 4 fully saturated rings. The van der Waals surface area contributed by atoms with Gasteiger partial charge in [-0.15, -0.1) is 0 Å². The molecule has 1 aromatic heterocycles. The van der Waals surface area contributed by atoms with Gasteiger partial charge in [-0.3, -0.25) is 14.6 Å². The van der Waals surface area contributed by atoms with E-state index in [1.807, 2.05) is 9.80 Å². The van der Waals surface area contributed by atoms with Crippen molar-refractivity contribution in [3.05, 3.63) is 29.6 Å². The molecule has 0 radical (unpaired) electrons. The highest BCUT2D eigenvalue weighted by Crippen LogP contribution is 2.52. The molecule has 4 aliphatic rings. The zero-order valence-corrected chi connectivity index (χ0v) is 15.4. The normalized spacial score (nSPS) is 25.4. The highest BCUT2D eigenvalue weighted by Gasteiger charge is 2.47. The molecule has 0 N–H and O–H groups in total. The van der Waals surface area contributed by atoms with E-state index in [0.29, 0.717) is 22.1 Å². The summed E-state index contributed by atoms with van der Waals surface area (Å²) in [5.74, 6) is 0.0488. The van der Waals surface area contributed by atoms with Crippen molar-refractivity contribution in [2.45, 2.75) is 51.4 Å². The molecule has 26 heavy (non-hydrogen) atoms. The minimum absolute atomic E-state index is 0.0112. The lowest BCUT2D eigenvalue weighted by molar-refractivity contribution is 0.0646. The second kappa shape index (κ2) is 5.80. The van der Waals surface area contributed by atoms with Gasteiger partial charge >= 0.3 is 0 Å². The Morgan fingerprint density at radius 1 is 0.846 bits per heavy atom. The van der Waals surface area contributed by atoms with E-state index in [0.717, 1.165) is 39.0 Å². The summed E-state index contributed by atoms with van der Waals surface area (Å²) in [7, 11) is 0. The Balaban J connectivity index is 1.32. The van der Waals surface area contributed by atoms with E-state index in [-0.39, 0.29) is 11.8 Å². The summed E-state index contributed by atoms with van der Waals surface area (Å²) < 4.78 is 0. The number of aromatic nitrogens is 1. The van der Waals surface area contributed by atoms with Gasteiger partial charge in [0.25, 0.3) is 11.8 Å². The van der Waals surface area contributed by atoms with Crippen molar-refractivity contribution in [2.75, 3.05) is 26.2 Å². The molecule has 2 aliphatic carbocycles. The van der Waals surface area contributed by atoms with Gasteiger partial charge < -0.3 is 9.80 Å². The number of amides is 2. The molecule has 2 saturated carbocycles. The molecule has 1 aromatic rings. The third-order valence-electron chi connectivity index (χ3n) is 7.04. The number of hydrogen-bond donors (Lipinski definition) is 0. The summed E-state index contributed by atoms with van der Waals surface area (Å²) >= 11 is 0. The average Bonchev–Trinajstić information content (AvgIpc) is 3.61. The molecule has 0 unspecified atom stereocenters. The highest BCUT2D eigenvalue weighted by atomic mass is 16.2. The van der Waals surface area contributed by atoms with Gasteiger partial charge in [-0.2, -0.15) is 0 Å². The monoisotopic (exact) mass is 353 g/mol. The molecular weight excluding hydrogens is 326 g/mol. The van der Waals surface area contributed by atoms with Crippen LogP contribution in [0.3, 0.4) is 0 Å². The van der Waals surface area contributed by atoms with Gasteiger partial charge in [0, 0.05) is 37.9 Å². The predicted molar refractivity (Wildman–Crippen MR) is 97.8 cm³/mol. The summed E-state index contributed by atoms with van der Waals surface area (Å²) in [5.41, 5.74) is 1.84. The van der Waals surface area contributed by atoms with Gasteiger partial charge in [0.15, 0.2) is 0 Å². The highest BCUT2D eigenvalue weighted by molar-refractivity contribution is 5.98. The summed E-state index contributed by atoms with van der Waals surface area (Å²) in [4.78, 5) is 34.1. The lowest BCUT2D eigenvalue weighted by Crippen LogP contribution is -2.42. The number of carbonyl (C=O) groups excluding carboxylic acids is 2. The van der Waals surface area contributed by atoms with Crippen LogP contribution in [0.5, 0.6) is 0 Å². The third kappa shape index (κ3) is 2.91. The van der Waals surface area contributed by atoms with Crippen LogP contribution in [-0.4, -0.2) is 52.8 Å². The molecular formula is C21H27N3O2. The van der Waals surface area contributed by atoms with Crippen molar-refractivity contribution < 1.29 is 9.59 Å². The lowest BCUT2D eigenvalue weighted by Gasteiger charge is -2.33. The quantitative estimate of drug-likeness (QED) is 0.821. The first-order chi connectivity index (χ1) is 12.6. The van der Waals surface area contributed by atoms with Crippen LogP contribution in [-0.2, 0) is 0 Å². The molecule has 5 rings (SSSR count). The van der Waals surface area contributed by atoms with Crippen molar-refractivity contribution in [1.82, 2.24) is 14.8 Å². The van der Waals surface area contributed by atoms with Gasteiger partial charge in [0.2, 0.25) is 0 Å². The van der Waals surface area contributed by atoms with Crippen LogP contribution in [0.2, 0.25) is 0 Å². The summed E-state index contributed by atoms with van der Waals surface area (Å²) in [6.07, 6.45) is 11.3. The molecule has 2 saturated heterocycles. The van der Waals surface area contributed by atoms with E-state index < -0.39 is 0 Å². The maximum Gasteiger partial charge on any atom is 0.272 e. The topological polar surface area (TPSA) is 53.5 Å². The Hall–Kier alpha value is -1.91.